The minimum Gasteiger partial charge on any atom is -0.497 e. The smallest absolute Gasteiger partial charge is 0.328 e. The number of urea groups is 1. The fourth-order valence-corrected chi connectivity index (χ4v) is 4.76. The number of rotatable bonds is 5. The van der Waals surface area contributed by atoms with E-state index in [1.807, 2.05) is 66.2 Å². The summed E-state index contributed by atoms with van der Waals surface area (Å²) < 4.78 is 10.9. The molecule has 0 radical (unpaired) electrons. The molecule has 0 aromatic heterocycles. The summed E-state index contributed by atoms with van der Waals surface area (Å²) in [5.74, 6) is 1.61. The first-order valence-electron chi connectivity index (χ1n) is 11.0. The summed E-state index contributed by atoms with van der Waals surface area (Å²) in [4.78, 5) is 38.3. The summed E-state index contributed by atoms with van der Waals surface area (Å²) in [7, 11) is 4.89. The Morgan fingerprint density at radius 2 is 1.82 bits per heavy atom. The Balaban J connectivity index is 1.49. The van der Waals surface area contributed by atoms with Crippen molar-refractivity contribution >= 4 is 23.6 Å². The summed E-state index contributed by atoms with van der Waals surface area (Å²) in [5, 5.41) is 0. The summed E-state index contributed by atoms with van der Waals surface area (Å²) in [6.45, 7) is 4.16. The number of hydrogen-bond donors (Lipinski definition) is 0. The number of nitrogens with zero attached hydrogens (tertiary/aromatic N) is 5. The zero-order chi connectivity index (χ0) is 24.1. The Bertz CT molecular complexity index is 1240. The van der Waals surface area contributed by atoms with Crippen LogP contribution in [0.4, 0.5) is 10.5 Å². The maximum Gasteiger partial charge on any atom is 0.328 e. The molecular weight excluding hydrogens is 434 g/mol. The number of ether oxygens (including phenoxy) is 2. The molecule has 2 aromatic rings. The van der Waals surface area contributed by atoms with Gasteiger partial charge in [0.2, 0.25) is 5.96 Å². The van der Waals surface area contributed by atoms with E-state index in [-0.39, 0.29) is 18.5 Å². The number of methoxy groups -OCH3 is 2. The molecule has 1 saturated heterocycles. The maximum atomic E-state index is 13.6. The third-order valence-corrected chi connectivity index (χ3v) is 6.44. The van der Waals surface area contributed by atoms with Crippen LogP contribution in [0.5, 0.6) is 11.5 Å². The Labute approximate surface area is 198 Å². The van der Waals surface area contributed by atoms with Gasteiger partial charge in [0.15, 0.2) is 12.2 Å². The van der Waals surface area contributed by atoms with Gasteiger partial charge in [-0.05, 0) is 31.5 Å². The van der Waals surface area contributed by atoms with E-state index in [0.717, 1.165) is 22.5 Å². The molecule has 2 unspecified atom stereocenters. The molecule has 9 nitrogen and oxygen atoms in total. The van der Waals surface area contributed by atoms with E-state index in [9.17, 15) is 9.59 Å². The molecule has 0 saturated carbocycles. The molecule has 0 aliphatic carbocycles. The normalized spacial score (nSPS) is 21.4. The lowest BCUT2D eigenvalue weighted by Crippen LogP contribution is -2.63. The number of benzene rings is 2. The van der Waals surface area contributed by atoms with Crippen molar-refractivity contribution in [3.63, 3.8) is 0 Å². The van der Waals surface area contributed by atoms with Crippen LogP contribution in [0.1, 0.15) is 18.1 Å². The van der Waals surface area contributed by atoms with Gasteiger partial charge in [-0.15, -0.1) is 0 Å². The van der Waals surface area contributed by atoms with Gasteiger partial charge in [-0.25, -0.2) is 9.79 Å². The summed E-state index contributed by atoms with van der Waals surface area (Å²) in [6, 6.07) is 12.4. The first-order chi connectivity index (χ1) is 16.3. The molecule has 2 atom stereocenters. The molecular formula is C25H27N5O4. The van der Waals surface area contributed by atoms with E-state index < -0.39 is 12.2 Å². The van der Waals surface area contributed by atoms with Gasteiger partial charge in [0.25, 0.3) is 5.91 Å². The van der Waals surface area contributed by atoms with Crippen LogP contribution in [-0.2, 0) is 11.3 Å². The minimum atomic E-state index is -0.633. The number of aliphatic imine (C=N–C) groups is 1. The molecule has 0 spiro atoms. The van der Waals surface area contributed by atoms with Gasteiger partial charge >= 0.3 is 6.03 Å². The van der Waals surface area contributed by atoms with Gasteiger partial charge in [-0.3, -0.25) is 14.6 Å². The van der Waals surface area contributed by atoms with Crippen molar-refractivity contribution < 1.29 is 19.1 Å². The zero-order valence-electron chi connectivity index (χ0n) is 19.8. The fraction of sp³-hybridized carbons (Fsp3) is 0.320. The Morgan fingerprint density at radius 1 is 1.03 bits per heavy atom. The predicted octanol–water partition coefficient (Wildman–Crippen LogP) is 3.15. The van der Waals surface area contributed by atoms with Crippen molar-refractivity contribution in [1.29, 1.82) is 0 Å². The van der Waals surface area contributed by atoms with Gasteiger partial charge in [0.1, 0.15) is 11.5 Å². The van der Waals surface area contributed by atoms with E-state index in [0.29, 0.717) is 17.5 Å². The van der Waals surface area contributed by atoms with Crippen molar-refractivity contribution in [3.05, 3.63) is 65.5 Å². The number of carbonyl (C=O) groups is 2. The van der Waals surface area contributed by atoms with Crippen LogP contribution in [0.3, 0.4) is 0 Å². The molecule has 3 aliphatic heterocycles. The fourth-order valence-electron chi connectivity index (χ4n) is 4.76. The SMILES string of the molecule is COc1ccc(N2C(C)=CN3C2=NC2C3C(=O)N(Cc3cccc(C)c3)C(=O)N2C)c(OC)c1. The molecule has 34 heavy (non-hydrogen) atoms. The molecule has 1 fully saturated rings. The average molecular weight is 462 g/mol. The maximum absolute atomic E-state index is 13.6. The van der Waals surface area contributed by atoms with Crippen LogP contribution in [-0.4, -0.2) is 66.1 Å². The van der Waals surface area contributed by atoms with Crippen LogP contribution < -0.4 is 14.4 Å². The summed E-state index contributed by atoms with van der Waals surface area (Å²) in [6.07, 6.45) is 1.29. The van der Waals surface area contributed by atoms with Crippen molar-refractivity contribution in [3.8, 4) is 11.5 Å². The first kappa shape index (κ1) is 21.8. The second-order valence-corrected chi connectivity index (χ2v) is 8.65. The number of aryl methyl sites for hydroxylation is 1. The molecule has 3 aliphatic rings. The molecule has 2 aromatic carbocycles. The molecule has 0 N–H and O–H groups in total. The molecule has 9 heteroatoms. The lowest BCUT2D eigenvalue weighted by molar-refractivity contribution is -0.137. The van der Waals surface area contributed by atoms with Crippen LogP contribution in [0, 0.1) is 6.92 Å². The number of anilines is 1. The molecule has 176 valence electrons. The van der Waals surface area contributed by atoms with E-state index >= 15 is 0 Å². The van der Waals surface area contributed by atoms with Crippen LogP contribution in [0.25, 0.3) is 0 Å². The van der Waals surface area contributed by atoms with Crippen LogP contribution in [0.15, 0.2) is 59.4 Å². The summed E-state index contributed by atoms with van der Waals surface area (Å²) >= 11 is 0. The van der Waals surface area contributed by atoms with Gasteiger partial charge in [0, 0.05) is 25.0 Å². The number of fused-ring (bicyclic) bond motifs is 3. The highest BCUT2D eigenvalue weighted by atomic mass is 16.5. The van der Waals surface area contributed by atoms with E-state index in [1.54, 1.807) is 32.2 Å². The predicted molar refractivity (Wildman–Crippen MR) is 128 cm³/mol. The Morgan fingerprint density at radius 3 is 2.53 bits per heavy atom. The Hall–Kier alpha value is -4.01. The average Bonchev–Trinajstić information content (AvgIpc) is 3.34. The van der Waals surface area contributed by atoms with E-state index in [4.69, 9.17) is 14.5 Å². The van der Waals surface area contributed by atoms with Crippen LogP contribution in [0.2, 0.25) is 0 Å². The zero-order valence-corrected chi connectivity index (χ0v) is 19.8. The second-order valence-electron chi connectivity index (χ2n) is 8.65. The van der Waals surface area contributed by atoms with Crippen molar-refractivity contribution in [2.45, 2.75) is 32.6 Å². The number of imide groups is 1. The standard InChI is InChI=1S/C25H27N5O4/c1-15-7-6-8-17(11-15)14-29-23(31)21-22(27(3)25(29)32)26-24-28(21)13-16(2)30(24)19-10-9-18(33-4)12-20(19)34-5/h6-13,21-22H,14H2,1-5H3. The largest absolute Gasteiger partial charge is 0.497 e. The quantitative estimate of drug-likeness (QED) is 0.681. The highest BCUT2D eigenvalue weighted by Crippen LogP contribution is 2.41. The van der Waals surface area contributed by atoms with Crippen molar-refractivity contribution in [2.75, 3.05) is 26.2 Å². The van der Waals surface area contributed by atoms with Crippen molar-refractivity contribution in [2.24, 2.45) is 4.99 Å². The number of allylic oxidation sites excluding steroid dienone is 1. The van der Waals surface area contributed by atoms with Crippen LogP contribution >= 0.6 is 0 Å². The second kappa shape index (κ2) is 8.09. The van der Waals surface area contributed by atoms with E-state index in [2.05, 4.69) is 0 Å². The lowest BCUT2D eigenvalue weighted by Gasteiger charge is -2.40. The first-order valence-corrected chi connectivity index (χ1v) is 11.0. The summed E-state index contributed by atoms with van der Waals surface area (Å²) in [5.41, 5.74) is 3.65. The highest BCUT2D eigenvalue weighted by molar-refractivity contribution is 6.10. The van der Waals surface area contributed by atoms with Gasteiger partial charge in [-0.2, -0.15) is 0 Å². The number of amides is 3. The van der Waals surface area contributed by atoms with Gasteiger partial charge < -0.3 is 19.3 Å². The monoisotopic (exact) mass is 461 g/mol. The number of hydrogen-bond acceptors (Lipinski definition) is 7. The topological polar surface area (TPSA) is 77.9 Å². The minimum absolute atomic E-state index is 0.217. The third-order valence-electron chi connectivity index (χ3n) is 6.44. The Kier molecular flexibility index (Phi) is 5.19. The molecule has 0 bridgehead atoms. The lowest BCUT2D eigenvalue weighted by atomic mass is 10.1. The molecule has 3 heterocycles. The number of likely N-dealkylation sites (N-methyl/N-ethyl adjacent to an activating group) is 1. The molecule has 5 rings (SSSR count). The van der Waals surface area contributed by atoms with Gasteiger partial charge in [-0.1, -0.05) is 29.8 Å². The number of guanidine groups is 1. The van der Waals surface area contributed by atoms with Gasteiger partial charge in [0.05, 0.1) is 26.5 Å². The third kappa shape index (κ3) is 3.27. The highest BCUT2D eigenvalue weighted by Gasteiger charge is 2.54. The molecule has 3 amide bonds. The van der Waals surface area contributed by atoms with E-state index in [1.165, 1.54) is 4.90 Å². The van der Waals surface area contributed by atoms with Crippen molar-refractivity contribution in [1.82, 2.24) is 14.7 Å². The number of carbonyl (C=O) groups excluding carboxylic acids is 2.